The number of hydrogen-bond acceptors (Lipinski definition) is 2. The van der Waals surface area contributed by atoms with Crippen LogP contribution in [0.3, 0.4) is 0 Å². The van der Waals surface area contributed by atoms with Gasteiger partial charge >= 0.3 is 0 Å². The summed E-state index contributed by atoms with van der Waals surface area (Å²) in [7, 11) is 0. The molecule has 21 heavy (non-hydrogen) atoms. The second-order valence-electron chi connectivity index (χ2n) is 7.45. The SMILES string of the molecule is CCC(C)CC(C)CC(C)CC(C)C1=C(C)C(=O)C(C)O1. The monoisotopic (exact) mass is 294 g/mol. The highest BCUT2D eigenvalue weighted by molar-refractivity contribution is 6.00. The second kappa shape index (κ2) is 8.00. The van der Waals surface area contributed by atoms with Crippen LogP contribution in [0.5, 0.6) is 0 Å². The summed E-state index contributed by atoms with van der Waals surface area (Å²) in [5, 5.41) is 0. The summed E-state index contributed by atoms with van der Waals surface area (Å²) in [6.45, 7) is 15.3. The molecule has 5 unspecified atom stereocenters. The fraction of sp³-hybridized carbons (Fsp3) is 0.842. The van der Waals surface area contributed by atoms with Crippen molar-refractivity contribution >= 4 is 5.78 Å². The number of hydrogen-bond donors (Lipinski definition) is 0. The van der Waals surface area contributed by atoms with Gasteiger partial charge in [-0.2, -0.15) is 0 Å². The quantitative estimate of drug-likeness (QED) is 0.601. The Morgan fingerprint density at radius 3 is 2.00 bits per heavy atom. The van der Waals surface area contributed by atoms with E-state index in [2.05, 4.69) is 34.6 Å². The molecule has 0 aromatic rings. The summed E-state index contributed by atoms with van der Waals surface area (Å²) in [5.41, 5.74) is 0.842. The Morgan fingerprint density at radius 2 is 1.52 bits per heavy atom. The lowest BCUT2D eigenvalue weighted by Crippen LogP contribution is -2.13. The predicted octanol–water partition coefficient (Wildman–Crippen LogP) is 5.37. The molecule has 0 spiro atoms. The number of rotatable bonds is 8. The molecular formula is C19H34O2. The number of ether oxygens (including phenoxy) is 1. The maximum atomic E-state index is 11.9. The van der Waals surface area contributed by atoms with Crippen molar-refractivity contribution in [2.75, 3.05) is 0 Å². The summed E-state index contributed by atoms with van der Waals surface area (Å²) >= 11 is 0. The van der Waals surface area contributed by atoms with Crippen LogP contribution >= 0.6 is 0 Å². The highest BCUT2D eigenvalue weighted by atomic mass is 16.5. The van der Waals surface area contributed by atoms with Crippen molar-refractivity contribution in [3.63, 3.8) is 0 Å². The normalized spacial score (nSPS) is 24.7. The number of carbonyl (C=O) groups excluding carboxylic acids is 1. The number of allylic oxidation sites excluding steroid dienone is 1. The Morgan fingerprint density at radius 1 is 1.00 bits per heavy atom. The molecule has 0 saturated carbocycles. The molecular weight excluding hydrogens is 260 g/mol. The van der Waals surface area contributed by atoms with Crippen molar-refractivity contribution in [1.29, 1.82) is 0 Å². The minimum absolute atomic E-state index is 0.162. The Balaban J connectivity index is 2.48. The Bertz CT molecular complexity index is 383. The standard InChI is InChI=1S/C19H34O2/c1-8-12(2)9-13(3)10-14(4)11-15(5)19-16(6)18(20)17(7)21-19/h12-15,17H,8-11H2,1-7H3. The molecule has 5 atom stereocenters. The Kier molecular flexibility index (Phi) is 6.96. The van der Waals surface area contributed by atoms with Crippen LogP contribution in [-0.2, 0) is 9.53 Å². The van der Waals surface area contributed by atoms with Gasteiger partial charge in [0, 0.05) is 11.5 Å². The van der Waals surface area contributed by atoms with E-state index in [-0.39, 0.29) is 11.9 Å². The summed E-state index contributed by atoms with van der Waals surface area (Å²) in [6.07, 6.45) is 4.70. The first kappa shape index (κ1) is 18.3. The fourth-order valence-corrected chi connectivity index (χ4v) is 3.69. The van der Waals surface area contributed by atoms with Crippen molar-refractivity contribution in [1.82, 2.24) is 0 Å². The molecule has 1 aliphatic heterocycles. The lowest BCUT2D eigenvalue weighted by molar-refractivity contribution is -0.120. The summed E-state index contributed by atoms with van der Waals surface area (Å²) < 4.78 is 5.77. The molecule has 0 aromatic carbocycles. The zero-order valence-corrected chi connectivity index (χ0v) is 15.0. The number of Topliss-reactive ketones (excluding diaryl/α,β-unsaturated/α-hetero) is 1. The predicted molar refractivity (Wildman–Crippen MR) is 89.1 cm³/mol. The minimum atomic E-state index is -0.276. The van der Waals surface area contributed by atoms with Crippen LogP contribution in [0.4, 0.5) is 0 Å². The maximum Gasteiger partial charge on any atom is 0.202 e. The van der Waals surface area contributed by atoms with Gasteiger partial charge in [-0.15, -0.1) is 0 Å². The van der Waals surface area contributed by atoms with E-state index in [9.17, 15) is 4.79 Å². The van der Waals surface area contributed by atoms with Gasteiger partial charge in [0.2, 0.25) is 5.78 Å². The van der Waals surface area contributed by atoms with Gasteiger partial charge in [-0.1, -0.05) is 41.0 Å². The van der Waals surface area contributed by atoms with Crippen LogP contribution in [0.2, 0.25) is 0 Å². The van der Waals surface area contributed by atoms with Crippen molar-refractivity contribution in [2.24, 2.45) is 23.7 Å². The van der Waals surface area contributed by atoms with Gasteiger partial charge in [-0.05, 0) is 50.9 Å². The lowest BCUT2D eigenvalue weighted by atomic mass is 9.84. The van der Waals surface area contributed by atoms with E-state index >= 15 is 0 Å². The van der Waals surface area contributed by atoms with Gasteiger partial charge in [0.15, 0.2) is 6.10 Å². The molecule has 0 amide bonds. The first-order valence-electron chi connectivity index (χ1n) is 8.67. The van der Waals surface area contributed by atoms with E-state index in [0.29, 0.717) is 11.8 Å². The van der Waals surface area contributed by atoms with Crippen molar-refractivity contribution in [3.8, 4) is 0 Å². The van der Waals surface area contributed by atoms with Gasteiger partial charge in [0.25, 0.3) is 0 Å². The van der Waals surface area contributed by atoms with E-state index in [0.717, 1.165) is 29.6 Å². The third kappa shape index (κ3) is 5.16. The van der Waals surface area contributed by atoms with Crippen LogP contribution in [0, 0.1) is 23.7 Å². The lowest BCUT2D eigenvalue weighted by Gasteiger charge is -2.23. The zero-order chi connectivity index (χ0) is 16.2. The van der Waals surface area contributed by atoms with Crippen molar-refractivity contribution in [2.45, 2.75) is 80.3 Å². The van der Waals surface area contributed by atoms with Crippen LogP contribution in [-0.4, -0.2) is 11.9 Å². The highest BCUT2D eigenvalue weighted by Gasteiger charge is 2.31. The van der Waals surface area contributed by atoms with Crippen LogP contribution in [0.25, 0.3) is 0 Å². The van der Waals surface area contributed by atoms with E-state index in [1.807, 2.05) is 13.8 Å². The molecule has 2 nitrogen and oxygen atoms in total. The van der Waals surface area contributed by atoms with Crippen molar-refractivity contribution in [3.05, 3.63) is 11.3 Å². The fourth-order valence-electron chi connectivity index (χ4n) is 3.69. The van der Waals surface area contributed by atoms with Gasteiger partial charge in [0.1, 0.15) is 5.76 Å². The molecule has 0 aliphatic carbocycles. The Labute approximate surface area is 131 Å². The second-order valence-corrected chi connectivity index (χ2v) is 7.45. The highest BCUT2D eigenvalue weighted by Crippen LogP contribution is 2.33. The average Bonchev–Trinajstić information content (AvgIpc) is 2.65. The molecule has 0 N–H and O–H groups in total. The third-order valence-corrected chi connectivity index (χ3v) is 4.92. The first-order chi connectivity index (χ1) is 9.76. The molecule has 122 valence electrons. The van der Waals surface area contributed by atoms with E-state index in [1.54, 1.807) is 0 Å². The maximum absolute atomic E-state index is 11.9. The molecule has 2 heteroatoms. The minimum Gasteiger partial charge on any atom is -0.486 e. The van der Waals surface area contributed by atoms with Crippen LogP contribution in [0.1, 0.15) is 74.1 Å². The first-order valence-corrected chi connectivity index (χ1v) is 8.67. The molecule has 0 radical (unpaired) electrons. The third-order valence-electron chi connectivity index (χ3n) is 4.92. The summed E-state index contributed by atoms with van der Waals surface area (Å²) in [4.78, 5) is 11.9. The topological polar surface area (TPSA) is 26.3 Å². The zero-order valence-electron chi connectivity index (χ0n) is 15.0. The molecule has 0 aromatic heterocycles. The van der Waals surface area contributed by atoms with Crippen LogP contribution < -0.4 is 0 Å². The van der Waals surface area contributed by atoms with Gasteiger partial charge in [-0.3, -0.25) is 4.79 Å². The number of carbonyl (C=O) groups is 1. The molecule has 0 saturated heterocycles. The van der Waals surface area contributed by atoms with Gasteiger partial charge < -0.3 is 4.74 Å². The smallest absolute Gasteiger partial charge is 0.202 e. The molecule has 1 heterocycles. The summed E-state index contributed by atoms with van der Waals surface area (Å²) in [5.74, 6) is 3.73. The average molecular weight is 294 g/mol. The van der Waals surface area contributed by atoms with Gasteiger partial charge in [-0.25, -0.2) is 0 Å². The summed E-state index contributed by atoms with van der Waals surface area (Å²) in [6, 6.07) is 0. The van der Waals surface area contributed by atoms with Crippen molar-refractivity contribution < 1.29 is 9.53 Å². The van der Waals surface area contributed by atoms with Gasteiger partial charge in [0.05, 0.1) is 0 Å². The molecule has 0 bridgehead atoms. The van der Waals surface area contributed by atoms with Crippen LogP contribution in [0.15, 0.2) is 11.3 Å². The van der Waals surface area contributed by atoms with E-state index in [1.165, 1.54) is 19.3 Å². The van der Waals surface area contributed by atoms with E-state index in [4.69, 9.17) is 4.74 Å². The van der Waals surface area contributed by atoms with E-state index < -0.39 is 0 Å². The molecule has 1 aliphatic rings. The molecule has 1 rings (SSSR count). The Hall–Kier alpha value is -0.790. The molecule has 0 fully saturated rings. The largest absolute Gasteiger partial charge is 0.486 e. The number of ketones is 1.